The molecule has 2 N–H and O–H groups in total. The summed E-state index contributed by atoms with van der Waals surface area (Å²) in [6.07, 6.45) is -4.65. The van der Waals surface area contributed by atoms with Crippen LogP contribution in [0.3, 0.4) is 0 Å². The Labute approximate surface area is 192 Å². The number of halogens is 3. The molecule has 0 aromatic heterocycles. The fourth-order valence-electron chi connectivity index (χ4n) is 2.87. The van der Waals surface area contributed by atoms with E-state index in [4.69, 9.17) is 0 Å². The molecule has 0 saturated heterocycles. The summed E-state index contributed by atoms with van der Waals surface area (Å²) in [4.78, 5) is 9.86. The minimum atomic E-state index is -4.65. The van der Waals surface area contributed by atoms with Gasteiger partial charge in [-0.3, -0.25) is 19.6 Å². The molecule has 34 heavy (non-hydrogen) atoms. The number of sulfonamides is 2. The van der Waals surface area contributed by atoms with Gasteiger partial charge in [0, 0.05) is 23.5 Å². The van der Waals surface area contributed by atoms with Crippen molar-refractivity contribution in [3.8, 4) is 0 Å². The first-order valence-electron chi connectivity index (χ1n) is 9.29. The topological polar surface area (TPSA) is 135 Å². The van der Waals surface area contributed by atoms with Crippen LogP contribution in [0, 0.1) is 10.1 Å². The second-order valence-corrected chi connectivity index (χ2v) is 10.4. The van der Waals surface area contributed by atoms with Gasteiger partial charge >= 0.3 is 6.18 Å². The number of nitro benzene ring substituents is 1. The highest BCUT2D eigenvalue weighted by Gasteiger charge is 2.30. The summed E-state index contributed by atoms with van der Waals surface area (Å²) in [5.74, 6) is -0.564. The number of anilines is 2. The first-order chi connectivity index (χ1) is 15.7. The molecule has 0 heterocycles. The summed E-state index contributed by atoms with van der Waals surface area (Å²) in [7, 11) is -8.25. The number of hydrogen-bond acceptors (Lipinski definition) is 6. The highest BCUT2D eigenvalue weighted by Crippen LogP contribution is 2.31. The van der Waals surface area contributed by atoms with Gasteiger partial charge in [-0.2, -0.15) is 13.2 Å². The Morgan fingerprint density at radius 2 is 1.47 bits per heavy atom. The molecule has 0 saturated carbocycles. The van der Waals surface area contributed by atoms with Gasteiger partial charge in [0.2, 0.25) is 10.0 Å². The molecule has 0 radical (unpaired) electrons. The van der Waals surface area contributed by atoms with Crippen molar-refractivity contribution < 1.29 is 34.9 Å². The third kappa shape index (κ3) is 6.45. The minimum absolute atomic E-state index is 0.0171. The fraction of sp³-hybridized carbons (Fsp3) is 0.100. The predicted octanol–water partition coefficient (Wildman–Crippen LogP) is 4.36. The summed E-state index contributed by atoms with van der Waals surface area (Å²) in [5, 5.41) is 10.8. The van der Waals surface area contributed by atoms with Crippen LogP contribution in [-0.2, 0) is 32.0 Å². The summed E-state index contributed by atoms with van der Waals surface area (Å²) < 4.78 is 92.5. The lowest BCUT2D eigenvalue weighted by atomic mass is 10.2. The molecular weight excluding hydrogens is 499 g/mol. The smallest absolute Gasteiger partial charge is 0.283 e. The highest BCUT2D eigenvalue weighted by molar-refractivity contribution is 7.92. The number of alkyl halides is 3. The molecule has 0 unspecified atom stereocenters. The van der Waals surface area contributed by atoms with Gasteiger partial charge in [-0.25, -0.2) is 16.8 Å². The average Bonchev–Trinajstić information content (AvgIpc) is 2.73. The summed E-state index contributed by atoms with van der Waals surface area (Å²) in [5.41, 5.74) is -1.40. The van der Waals surface area contributed by atoms with Crippen LogP contribution in [0.2, 0.25) is 0 Å². The van der Waals surface area contributed by atoms with Crippen molar-refractivity contribution in [3.63, 3.8) is 0 Å². The van der Waals surface area contributed by atoms with E-state index in [-0.39, 0.29) is 27.5 Å². The molecular formula is C20H16F3N3O6S2. The molecule has 9 nitrogen and oxygen atoms in total. The first kappa shape index (κ1) is 25.0. The summed E-state index contributed by atoms with van der Waals surface area (Å²) in [6, 6.07) is 13.2. The van der Waals surface area contributed by atoms with Gasteiger partial charge in [-0.15, -0.1) is 0 Å². The van der Waals surface area contributed by atoms with Crippen molar-refractivity contribution in [2.24, 2.45) is 0 Å². The Balaban J connectivity index is 1.73. The van der Waals surface area contributed by atoms with Crippen molar-refractivity contribution in [1.82, 2.24) is 0 Å². The van der Waals surface area contributed by atoms with E-state index in [2.05, 4.69) is 4.72 Å². The van der Waals surface area contributed by atoms with Crippen molar-refractivity contribution in [2.75, 3.05) is 9.44 Å². The zero-order valence-corrected chi connectivity index (χ0v) is 18.6. The molecule has 3 rings (SSSR count). The third-order valence-electron chi connectivity index (χ3n) is 4.36. The van der Waals surface area contributed by atoms with E-state index in [1.165, 1.54) is 18.2 Å². The maximum absolute atomic E-state index is 12.8. The van der Waals surface area contributed by atoms with E-state index in [1.54, 1.807) is 0 Å². The second kappa shape index (κ2) is 9.30. The largest absolute Gasteiger partial charge is 0.416 e. The van der Waals surface area contributed by atoms with Gasteiger partial charge < -0.3 is 0 Å². The second-order valence-electron chi connectivity index (χ2n) is 7.00. The Bertz CT molecular complexity index is 1420. The number of hydrogen-bond donors (Lipinski definition) is 2. The molecule has 3 aromatic rings. The fourth-order valence-corrected chi connectivity index (χ4v) is 5.11. The number of nitrogens with zero attached hydrogens (tertiary/aromatic N) is 1. The van der Waals surface area contributed by atoms with E-state index >= 15 is 0 Å². The predicted molar refractivity (Wildman–Crippen MR) is 118 cm³/mol. The van der Waals surface area contributed by atoms with E-state index in [1.807, 2.05) is 4.72 Å². The number of nitrogens with one attached hydrogen (secondary N) is 2. The van der Waals surface area contributed by atoms with Crippen molar-refractivity contribution in [2.45, 2.75) is 16.8 Å². The van der Waals surface area contributed by atoms with Gasteiger partial charge in [-0.1, -0.05) is 18.2 Å². The third-order valence-corrected chi connectivity index (χ3v) is 7.02. The minimum Gasteiger partial charge on any atom is -0.283 e. The number of non-ortho nitro benzene ring substituents is 1. The van der Waals surface area contributed by atoms with Crippen LogP contribution in [0.25, 0.3) is 0 Å². The van der Waals surface area contributed by atoms with Crippen LogP contribution in [0.15, 0.2) is 77.7 Å². The van der Waals surface area contributed by atoms with Gasteiger partial charge in [0.15, 0.2) is 0 Å². The summed E-state index contributed by atoms with van der Waals surface area (Å²) in [6.45, 7) is 0. The Kier molecular flexibility index (Phi) is 6.84. The van der Waals surface area contributed by atoms with Gasteiger partial charge in [0.1, 0.15) is 0 Å². The SMILES string of the molecule is O=[N+]([O-])c1cccc(CS(=O)(=O)Nc2ccc(S(=O)(=O)Nc3cccc(C(F)(F)F)c3)cc2)c1. The molecule has 0 atom stereocenters. The molecule has 180 valence electrons. The van der Waals surface area contributed by atoms with E-state index in [9.17, 15) is 40.1 Å². The highest BCUT2D eigenvalue weighted by atomic mass is 32.2. The molecule has 0 aliphatic carbocycles. The van der Waals surface area contributed by atoms with E-state index in [0.717, 1.165) is 48.5 Å². The molecule has 14 heteroatoms. The van der Waals surface area contributed by atoms with Crippen molar-refractivity contribution >= 4 is 37.1 Å². The van der Waals surface area contributed by atoms with Crippen LogP contribution in [0.5, 0.6) is 0 Å². The van der Waals surface area contributed by atoms with Crippen molar-refractivity contribution in [1.29, 1.82) is 0 Å². The van der Waals surface area contributed by atoms with Crippen molar-refractivity contribution in [3.05, 3.63) is 94.0 Å². The van der Waals surface area contributed by atoms with Gasteiger partial charge in [0.25, 0.3) is 15.7 Å². The zero-order chi connectivity index (χ0) is 25.1. The standard InChI is InChI=1S/C20H16F3N3O6S2/c21-20(22,23)15-4-2-5-17(12-15)25-34(31,32)19-9-7-16(8-10-19)24-33(29,30)13-14-3-1-6-18(11-14)26(27)28/h1-12,24-25H,13H2. The number of nitro groups is 1. The lowest BCUT2D eigenvalue weighted by Gasteiger charge is -2.12. The Morgan fingerprint density at radius 3 is 2.09 bits per heavy atom. The molecule has 0 fully saturated rings. The van der Waals surface area contributed by atoms with Crippen LogP contribution in [-0.4, -0.2) is 21.8 Å². The molecule has 0 spiro atoms. The molecule has 0 aliphatic heterocycles. The summed E-state index contributed by atoms with van der Waals surface area (Å²) >= 11 is 0. The number of rotatable bonds is 8. The number of benzene rings is 3. The van der Waals surface area contributed by atoms with Crippen LogP contribution in [0.4, 0.5) is 30.2 Å². The lowest BCUT2D eigenvalue weighted by molar-refractivity contribution is -0.384. The van der Waals surface area contributed by atoms with Crippen LogP contribution >= 0.6 is 0 Å². The van der Waals surface area contributed by atoms with Gasteiger partial charge in [0.05, 0.1) is 21.1 Å². The zero-order valence-electron chi connectivity index (χ0n) is 17.0. The molecule has 3 aromatic carbocycles. The van der Waals surface area contributed by atoms with Crippen LogP contribution < -0.4 is 9.44 Å². The molecule has 0 aliphatic rings. The average molecular weight is 515 g/mol. The Morgan fingerprint density at radius 1 is 0.824 bits per heavy atom. The van der Waals surface area contributed by atoms with Gasteiger partial charge in [-0.05, 0) is 48.0 Å². The van der Waals surface area contributed by atoms with E-state index < -0.39 is 42.5 Å². The monoisotopic (exact) mass is 515 g/mol. The quantitative estimate of drug-likeness (QED) is 0.338. The maximum Gasteiger partial charge on any atom is 0.416 e. The first-order valence-corrected chi connectivity index (χ1v) is 12.4. The van der Waals surface area contributed by atoms with Crippen LogP contribution in [0.1, 0.15) is 11.1 Å². The normalized spacial score (nSPS) is 12.2. The maximum atomic E-state index is 12.8. The van der Waals surface area contributed by atoms with E-state index in [0.29, 0.717) is 6.07 Å². The Hall–Kier alpha value is -3.65. The lowest BCUT2D eigenvalue weighted by Crippen LogP contribution is -2.16. The molecule has 0 bridgehead atoms. The molecule has 0 amide bonds.